The van der Waals surface area contributed by atoms with Gasteiger partial charge in [-0.05, 0) is 24.1 Å². The van der Waals surface area contributed by atoms with Gasteiger partial charge in [0.25, 0.3) is 0 Å². The number of nitrogens with zero attached hydrogens (tertiary/aromatic N) is 1. The Kier molecular flexibility index (Phi) is 15.8. The largest absolute Gasteiger partial charge is 0.497 e. The molecule has 0 spiro atoms. The maximum atomic E-state index is 12.2. The lowest BCUT2D eigenvalue weighted by Gasteiger charge is -2.10. The minimum atomic E-state index is -0.0486. The lowest BCUT2D eigenvalue weighted by molar-refractivity contribution is 0.299. The van der Waals surface area contributed by atoms with Crippen molar-refractivity contribution in [3.63, 3.8) is 0 Å². The fraction of sp³-hybridized carbons (Fsp3) is 0.645. The van der Waals surface area contributed by atoms with Gasteiger partial charge in [-0.15, -0.1) is 0 Å². The lowest BCUT2D eigenvalue weighted by atomic mass is 10.0. The molecule has 0 fully saturated rings. The third kappa shape index (κ3) is 13.4. The van der Waals surface area contributed by atoms with Crippen molar-refractivity contribution in [2.24, 2.45) is 0 Å². The topological polar surface area (TPSA) is 40.5 Å². The summed E-state index contributed by atoms with van der Waals surface area (Å²) in [5.74, 6) is 1.29. The van der Waals surface area contributed by atoms with Gasteiger partial charge in [0.05, 0.1) is 19.9 Å². The molecule has 0 aliphatic rings. The molecule has 0 aliphatic carbocycles. The Morgan fingerprint density at radius 2 is 1.20 bits per heavy atom. The van der Waals surface area contributed by atoms with E-state index in [4.69, 9.17) is 9.47 Å². The number of hydrogen-bond donors (Lipinski definition) is 0. The number of benzene rings is 1. The minimum Gasteiger partial charge on any atom is -0.497 e. The molecule has 0 atom stereocenters. The van der Waals surface area contributed by atoms with Crippen LogP contribution in [0.25, 0.3) is 0 Å². The molecule has 35 heavy (non-hydrogen) atoms. The summed E-state index contributed by atoms with van der Waals surface area (Å²) in [5, 5.41) is 0. The Morgan fingerprint density at radius 3 is 1.71 bits per heavy atom. The Hall–Kier alpha value is -2.23. The van der Waals surface area contributed by atoms with Crippen molar-refractivity contribution in [1.29, 1.82) is 0 Å². The van der Waals surface area contributed by atoms with E-state index in [1.54, 1.807) is 13.2 Å². The molecule has 1 aromatic heterocycles. The normalized spacial score (nSPS) is 11.0. The van der Waals surface area contributed by atoms with Crippen LogP contribution in [-0.4, -0.2) is 18.3 Å². The van der Waals surface area contributed by atoms with Gasteiger partial charge < -0.3 is 14.0 Å². The van der Waals surface area contributed by atoms with Crippen LogP contribution in [0.2, 0.25) is 0 Å². The van der Waals surface area contributed by atoms with Gasteiger partial charge in [0.1, 0.15) is 5.75 Å². The highest BCUT2D eigenvalue weighted by molar-refractivity contribution is 5.28. The molecule has 4 heteroatoms. The highest BCUT2D eigenvalue weighted by Crippen LogP contribution is 2.15. The van der Waals surface area contributed by atoms with E-state index in [1.807, 2.05) is 41.2 Å². The van der Waals surface area contributed by atoms with Gasteiger partial charge in [0.2, 0.25) is 5.43 Å². The second kappa shape index (κ2) is 19.0. The first-order valence-electron chi connectivity index (χ1n) is 14.2. The van der Waals surface area contributed by atoms with Gasteiger partial charge in [-0.3, -0.25) is 4.79 Å². The Labute approximate surface area is 214 Å². The number of pyridine rings is 1. The average Bonchev–Trinajstić information content (AvgIpc) is 2.88. The van der Waals surface area contributed by atoms with Gasteiger partial charge in [-0.25, -0.2) is 0 Å². The van der Waals surface area contributed by atoms with Crippen LogP contribution in [0, 0.1) is 0 Å². The Morgan fingerprint density at radius 1 is 0.686 bits per heavy atom. The van der Waals surface area contributed by atoms with Crippen LogP contribution >= 0.6 is 0 Å². The highest BCUT2D eigenvalue weighted by atomic mass is 16.5. The zero-order valence-corrected chi connectivity index (χ0v) is 22.4. The van der Waals surface area contributed by atoms with Crippen LogP contribution in [0.3, 0.4) is 0 Å². The predicted octanol–water partition coefficient (Wildman–Crippen LogP) is 8.55. The maximum absolute atomic E-state index is 12.2. The highest BCUT2D eigenvalue weighted by Gasteiger charge is 2.03. The molecule has 1 heterocycles. The molecular weight excluding hydrogens is 434 g/mol. The molecular formula is C31H49NO3. The number of unbranched alkanes of at least 4 members (excludes halogenated alkanes) is 15. The summed E-state index contributed by atoms with van der Waals surface area (Å²) in [5.41, 5.74) is 1.10. The summed E-state index contributed by atoms with van der Waals surface area (Å²) in [7, 11) is 1.67. The second-order valence-electron chi connectivity index (χ2n) is 9.85. The third-order valence-electron chi connectivity index (χ3n) is 6.72. The van der Waals surface area contributed by atoms with Gasteiger partial charge in [-0.1, -0.05) is 115 Å². The first-order valence-corrected chi connectivity index (χ1v) is 14.2. The number of aromatic nitrogens is 1. The fourth-order valence-electron chi connectivity index (χ4n) is 4.48. The van der Waals surface area contributed by atoms with Gasteiger partial charge in [0, 0.05) is 18.8 Å². The lowest BCUT2D eigenvalue weighted by Crippen LogP contribution is -2.12. The van der Waals surface area contributed by atoms with Gasteiger partial charge >= 0.3 is 0 Å². The quantitative estimate of drug-likeness (QED) is 0.167. The molecule has 0 bridgehead atoms. The van der Waals surface area contributed by atoms with E-state index in [-0.39, 0.29) is 5.43 Å². The van der Waals surface area contributed by atoms with Crippen molar-refractivity contribution in [2.75, 3.05) is 13.7 Å². The zero-order chi connectivity index (χ0) is 25.0. The number of ether oxygens (including phenoxy) is 2. The zero-order valence-electron chi connectivity index (χ0n) is 22.4. The maximum Gasteiger partial charge on any atom is 0.223 e. The molecule has 0 N–H and O–H groups in total. The molecule has 0 unspecified atom stereocenters. The molecule has 0 saturated heterocycles. The molecule has 2 rings (SSSR count). The van der Waals surface area contributed by atoms with Crippen LogP contribution in [-0.2, 0) is 6.54 Å². The summed E-state index contributed by atoms with van der Waals surface area (Å²) in [6.45, 7) is 3.59. The second-order valence-corrected chi connectivity index (χ2v) is 9.85. The first-order chi connectivity index (χ1) is 17.2. The molecule has 2 aromatic rings. The smallest absolute Gasteiger partial charge is 0.223 e. The standard InChI is InChI=1S/C31H49NO3/c1-3-4-5-6-7-8-9-10-11-12-13-14-15-16-17-18-25-35-31-27-32(24-23-30(31)33)26-28-19-21-29(34-2)22-20-28/h19-24,27H,3-18,25-26H2,1-2H3. The Balaban J connectivity index is 1.47. The summed E-state index contributed by atoms with van der Waals surface area (Å²) in [6.07, 6.45) is 25.3. The number of hydrogen-bond acceptors (Lipinski definition) is 3. The van der Waals surface area contributed by atoms with Crippen molar-refractivity contribution < 1.29 is 9.47 Å². The minimum absolute atomic E-state index is 0.0486. The van der Waals surface area contributed by atoms with E-state index in [2.05, 4.69) is 6.92 Å². The van der Waals surface area contributed by atoms with E-state index < -0.39 is 0 Å². The predicted molar refractivity (Wildman–Crippen MR) is 148 cm³/mol. The summed E-state index contributed by atoms with van der Waals surface area (Å²) in [4.78, 5) is 12.2. The summed E-state index contributed by atoms with van der Waals surface area (Å²) >= 11 is 0. The van der Waals surface area contributed by atoms with Crippen molar-refractivity contribution in [2.45, 2.75) is 116 Å². The van der Waals surface area contributed by atoms with E-state index in [0.29, 0.717) is 18.9 Å². The van der Waals surface area contributed by atoms with Crippen molar-refractivity contribution >= 4 is 0 Å². The van der Waals surface area contributed by atoms with Gasteiger partial charge in [-0.2, -0.15) is 0 Å². The summed E-state index contributed by atoms with van der Waals surface area (Å²) < 4.78 is 13.0. The van der Waals surface area contributed by atoms with Crippen molar-refractivity contribution in [3.8, 4) is 11.5 Å². The van der Waals surface area contributed by atoms with E-state index in [9.17, 15) is 4.79 Å². The molecule has 196 valence electrons. The SMILES string of the molecule is CCCCCCCCCCCCCCCCCCOc1cn(Cc2ccc(OC)cc2)ccc1=O. The summed E-state index contributed by atoms with van der Waals surface area (Å²) in [6, 6.07) is 9.56. The molecule has 0 radical (unpaired) electrons. The third-order valence-corrected chi connectivity index (χ3v) is 6.72. The molecule has 4 nitrogen and oxygen atoms in total. The molecule has 0 aliphatic heterocycles. The first kappa shape index (κ1) is 29.0. The number of rotatable bonds is 21. The van der Waals surface area contributed by atoms with Gasteiger partial charge in [0.15, 0.2) is 5.75 Å². The van der Waals surface area contributed by atoms with Crippen LogP contribution in [0.5, 0.6) is 11.5 Å². The fourth-order valence-corrected chi connectivity index (χ4v) is 4.48. The van der Waals surface area contributed by atoms with Crippen LogP contribution in [0.15, 0.2) is 47.5 Å². The monoisotopic (exact) mass is 483 g/mol. The molecule has 0 amide bonds. The average molecular weight is 484 g/mol. The van der Waals surface area contributed by atoms with Crippen molar-refractivity contribution in [1.82, 2.24) is 4.57 Å². The van der Waals surface area contributed by atoms with E-state index in [0.717, 1.165) is 17.7 Å². The Bertz CT molecular complexity index is 828. The van der Waals surface area contributed by atoms with Crippen LogP contribution < -0.4 is 14.9 Å². The number of methoxy groups -OCH3 is 1. The van der Waals surface area contributed by atoms with E-state index in [1.165, 1.54) is 96.3 Å². The van der Waals surface area contributed by atoms with Crippen LogP contribution in [0.4, 0.5) is 0 Å². The van der Waals surface area contributed by atoms with Crippen LogP contribution in [0.1, 0.15) is 115 Å². The molecule has 0 saturated carbocycles. The van der Waals surface area contributed by atoms with Crippen molar-refractivity contribution in [3.05, 3.63) is 58.5 Å². The van der Waals surface area contributed by atoms with E-state index >= 15 is 0 Å². The molecule has 1 aromatic carbocycles.